The third-order valence-corrected chi connectivity index (χ3v) is 11.1. The highest BCUT2D eigenvalue weighted by Crippen LogP contribution is 2.57. The number of benzene rings is 2. The summed E-state index contributed by atoms with van der Waals surface area (Å²) in [4.78, 5) is 61.1. The molecule has 2 aromatic carbocycles. The number of imide groups is 1. The zero-order valence-electron chi connectivity index (χ0n) is 26.1. The van der Waals surface area contributed by atoms with E-state index >= 15 is 0 Å². The number of rotatable bonds is 7. The summed E-state index contributed by atoms with van der Waals surface area (Å²) in [6.07, 6.45) is 1.39. The zero-order valence-corrected chi connectivity index (χ0v) is 27.0. The maximum Gasteiger partial charge on any atom is 0.278 e. The summed E-state index contributed by atoms with van der Waals surface area (Å²) in [6.45, 7) is 8.14. The lowest BCUT2D eigenvalue weighted by Gasteiger charge is -2.39. The minimum atomic E-state index is -1.25. The van der Waals surface area contributed by atoms with Crippen LogP contribution in [0.1, 0.15) is 58.6 Å². The summed E-state index contributed by atoms with van der Waals surface area (Å²) in [7, 11) is 2.79. The van der Waals surface area contributed by atoms with Crippen LogP contribution >= 0.6 is 11.8 Å². The molecule has 0 spiro atoms. The number of nitro benzene ring substituents is 1. The molecule has 45 heavy (non-hydrogen) atoms. The molecule has 2 amide bonds. The maximum atomic E-state index is 14.5. The van der Waals surface area contributed by atoms with Crippen LogP contribution in [0.25, 0.3) is 0 Å². The summed E-state index contributed by atoms with van der Waals surface area (Å²) < 4.78 is 10.8. The largest absolute Gasteiger partial charge is 0.493 e. The molecule has 0 bridgehead atoms. The van der Waals surface area contributed by atoms with Crippen molar-refractivity contribution in [1.82, 2.24) is 4.90 Å². The number of ether oxygens (including phenoxy) is 2. The molecule has 238 valence electrons. The number of ketones is 1. The second kappa shape index (κ2) is 11.5. The first-order valence-electron chi connectivity index (χ1n) is 15.1. The first-order chi connectivity index (χ1) is 21.4. The minimum Gasteiger partial charge on any atom is -0.493 e. The van der Waals surface area contributed by atoms with E-state index in [2.05, 4.69) is 20.8 Å². The average molecular weight is 636 g/mol. The molecule has 2 aromatic rings. The van der Waals surface area contributed by atoms with Crippen LogP contribution in [0, 0.1) is 33.3 Å². The summed E-state index contributed by atoms with van der Waals surface area (Å²) in [5, 5.41) is 14.3. The van der Waals surface area contributed by atoms with E-state index in [1.807, 2.05) is 6.07 Å². The number of Topliss-reactive ketones (excluding diaryl/α,β-unsaturated/α-hetero) is 1. The number of hydrogen-bond acceptors (Lipinski definition) is 10. The summed E-state index contributed by atoms with van der Waals surface area (Å²) in [5.74, 6) is -1.63. The van der Waals surface area contributed by atoms with Gasteiger partial charge in [0.2, 0.25) is 5.91 Å². The number of fused-ring (bicyclic) bond motifs is 2. The van der Waals surface area contributed by atoms with Gasteiger partial charge in [-0.3, -0.25) is 29.3 Å². The highest BCUT2D eigenvalue weighted by Gasteiger charge is 2.63. The van der Waals surface area contributed by atoms with Gasteiger partial charge in [-0.1, -0.05) is 39.0 Å². The molecule has 6 atom stereocenters. The number of para-hydroxylation sites is 1. The lowest BCUT2D eigenvalue weighted by Crippen LogP contribution is -2.37. The van der Waals surface area contributed by atoms with Gasteiger partial charge in [0.25, 0.3) is 11.6 Å². The van der Waals surface area contributed by atoms with Crippen LogP contribution in [0.15, 0.2) is 53.1 Å². The fourth-order valence-electron chi connectivity index (χ4n) is 7.33. The Morgan fingerprint density at radius 1 is 1.04 bits per heavy atom. The number of nitro groups is 1. The molecular formula is C33H37N3O8S. The maximum absolute atomic E-state index is 14.5. The van der Waals surface area contributed by atoms with E-state index in [1.165, 1.54) is 50.1 Å². The van der Waals surface area contributed by atoms with Crippen LogP contribution < -0.4 is 14.5 Å². The van der Waals surface area contributed by atoms with Crippen LogP contribution in [0.4, 0.5) is 11.4 Å². The van der Waals surface area contributed by atoms with E-state index in [0.29, 0.717) is 22.2 Å². The summed E-state index contributed by atoms with van der Waals surface area (Å²) >= 11 is 1.44. The Kier molecular flexibility index (Phi) is 7.93. The molecule has 4 aliphatic rings. The number of nitrogens with zero attached hydrogens (tertiary/aromatic N) is 3. The number of allylic oxidation sites excluding steroid dienone is 1. The van der Waals surface area contributed by atoms with E-state index in [1.54, 1.807) is 24.3 Å². The first-order valence-corrected chi connectivity index (χ1v) is 16.0. The minimum absolute atomic E-state index is 0.0494. The van der Waals surface area contributed by atoms with Crippen LogP contribution in [0.2, 0.25) is 0 Å². The Hall–Kier alpha value is -3.90. The smallest absolute Gasteiger partial charge is 0.278 e. The highest BCUT2D eigenvalue weighted by molar-refractivity contribution is 8.04. The third kappa shape index (κ3) is 5.07. The molecule has 0 radical (unpaired) electrons. The van der Waals surface area contributed by atoms with Gasteiger partial charge in [-0.05, 0) is 55.7 Å². The Labute approximate surface area is 266 Å². The van der Waals surface area contributed by atoms with Crippen molar-refractivity contribution in [1.29, 1.82) is 0 Å². The van der Waals surface area contributed by atoms with Crippen molar-refractivity contribution in [2.75, 3.05) is 19.3 Å². The van der Waals surface area contributed by atoms with Gasteiger partial charge in [-0.2, -0.15) is 0 Å². The quantitative estimate of drug-likeness (QED) is 0.208. The molecule has 12 heteroatoms. The number of likely N-dealkylation sites (tertiary alicyclic amines) is 1. The van der Waals surface area contributed by atoms with E-state index in [4.69, 9.17) is 14.3 Å². The lowest BCUT2D eigenvalue weighted by molar-refractivity contribution is -0.385. The molecule has 3 heterocycles. The zero-order chi connectivity index (χ0) is 32.4. The van der Waals surface area contributed by atoms with E-state index in [-0.39, 0.29) is 45.1 Å². The van der Waals surface area contributed by atoms with Crippen LogP contribution in [0.3, 0.4) is 0 Å². The molecule has 3 fully saturated rings. The van der Waals surface area contributed by atoms with Crippen LogP contribution in [-0.4, -0.2) is 53.0 Å². The monoisotopic (exact) mass is 635 g/mol. The highest BCUT2D eigenvalue weighted by atomic mass is 32.2. The number of hydrogen-bond donors (Lipinski definition) is 0. The van der Waals surface area contributed by atoms with Gasteiger partial charge >= 0.3 is 0 Å². The standard InChI is InChI=1S/C33H37N3O8S/c1-17(37)26-20-13-12-18(33(2,3)4)14-25(20)45-32(26)34-30(38)27-28(21-15-23(42-5)24(43-6)16-22(21)36(40)41)35(44-29(27)31(34)39)19-10-8-7-9-11-19/h7-11,15-16,18,20,25,27-29H,12-14H2,1-6H3/t18-,20+,25-,27-,28+,29+/m0/s1. The van der Waals surface area contributed by atoms with Gasteiger partial charge in [0.05, 0.1) is 41.5 Å². The van der Waals surface area contributed by atoms with Crippen molar-refractivity contribution in [3.8, 4) is 11.5 Å². The number of thioether (sulfide) groups is 1. The SMILES string of the molecule is COc1cc([C@@H]2[C@@H]3C(=O)N(C4=C(C(C)=O)[C@@H]5CC[C@H](C(C)(C)C)C[C@@H]5S4)C(=O)[C@@H]3ON2c2ccccc2)c([N+](=O)[O-])cc1OC. The van der Waals surface area contributed by atoms with Crippen molar-refractivity contribution in [3.05, 3.63) is 68.7 Å². The average Bonchev–Trinajstić information content (AvgIpc) is 3.65. The fourth-order valence-corrected chi connectivity index (χ4v) is 9.09. The van der Waals surface area contributed by atoms with Gasteiger partial charge in [-0.15, -0.1) is 11.8 Å². The van der Waals surface area contributed by atoms with Crippen LogP contribution in [0.5, 0.6) is 11.5 Å². The molecule has 1 saturated carbocycles. The van der Waals surface area contributed by atoms with Crippen LogP contribution in [-0.2, 0) is 19.2 Å². The predicted octanol–water partition coefficient (Wildman–Crippen LogP) is 5.84. The number of carbonyl (C=O) groups excluding carboxylic acids is 3. The van der Waals surface area contributed by atoms with Crippen molar-refractivity contribution in [2.24, 2.45) is 23.2 Å². The molecule has 0 aromatic heterocycles. The molecule has 11 nitrogen and oxygen atoms in total. The Balaban J connectivity index is 1.45. The number of anilines is 1. The van der Waals surface area contributed by atoms with Gasteiger partial charge in [-0.25, -0.2) is 9.96 Å². The van der Waals surface area contributed by atoms with Crippen molar-refractivity contribution < 1.29 is 33.6 Å². The van der Waals surface area contributed by atoms with Gasteiger partial charge in [0.1, 0.15) is 12.0 Å². The molecule has 3 aliphatic heterocycles. The molecule has 0 unspecified atom stereocenters. The van der Waals surface area contributed by atoms with Gasteiger partial charge in [0, 0.05) is 16.7 Å². The molecule has 0 N–H and O–H groups in total. The Morgan fingerprint density at radius 2 is 1.71 bits per heavy atom. The number of amides is 2. The second-order valence-electron chi connectivity index (χ2n) is 13.1. The predicted molar refractivity (Wildman–Crippen MR) is 167 cm³/mol. The molecular weight excluding hydrogens is 598 g/mol. The van der Waals surface area contributed by atoms with Crippen molar-refractivity contribution in [3.63, 3.8) is 0 Å². The number of methoxy groups -OCH3 is 2. The summed E-state index contributed by atoms with van der Waals surface area (Å²) in [5.41, 5.74) is 0.967. The third-order valence-electron chi connectivity index (χ3n) is 9.64. The first kappa shape index (κ1) is 31.1. The Bertz CT molecular complexity index is 1600. The van der Waals surface area contributed by atoms with Crippen molar-refractivity contribution >= 4 is 40.7 Å². The second-order valence-corrected chi connectivity index (χ2v) is 14.3. The lowest BCUT2D eigenvalue weighted by atomic mass is 9.68. The van der Waals surface area contributed by atoms with Crippen molar-refractivity contribution in [2.45, 2.75) is 64.4 Å². The molecule has 2 saturated heterocycles. The topological polar surface area (TPSA) is 129 Å². The molecule has 1 aliphatic carbocycles. The fraction of sp³-hybridized carbons (Fsp3) is 0.485. The Morgan fingerprint density at radius 3 is 2.31 bits per heavy atom. The normalized spacial score (nSPS) is 28.0. The van der Waals surface area contributed by atoms with E-state index in [0.717, 1.165) is 24.2 Å². The van der Waals surface area contributed by atoms with Gasteiger partial charge < -0.3 is 9.47 Å². The van der Waals surface area contributed by atoms with E-state index in [9.17, 15) is 24.5 Å². The van der Waals surface area contributed by atoms with E-state index < -0.39 is 34.8 Å². The van der Waals surface area contributed by atoms with Gasteiger partial charge in [0.15, 0.2) is 23.4 Å². The molecule has 6 rings (SSSR count). The summed E-state index contributed by atoms with van der Waals surface area (Å²) in [6, 6.07) is 10.5. The number of hydroxylamine groups is 1. The number of carbonyl (C=O) groups is 3.